The van der Waals surface area contributed by atoms with Gasteiger partial charge in [-0.15, -0.1) is 0 Å². The van der Waals surface area contributed by atoms with Crippen molar-refractivity contribution in [1.29, 1.82) is 0 Å². The van der Waals surface area contributed by atoms with Gasteiger partial charge in [-0.2, -0.15) is 0 Å². The van der Waals surface area contributed by atoms with Crippen molar-refractivity contribution in [3.63, 3.8) is 0 Å². The molecule has 0 radical (unpaired) electrons. The number of nitrogens with zero attached hydrogens (tertiary/aromatic N) is 2. The zero-order valence-electron chi connectivity index (χ0n) is 12.6. The SMILES string of the molecule is O=C1NC[C@]2(CCCN(C(=O)CCc3cccnc3)CC2)O1. The van der Waals surface area contributed by atoms with E-state index in [-0.39, 0.29) is 12.0 Å². The van der Waals surface area contributed by atoms with Crippen LogP contribution in [0.5, 0.6) is 0 Å². The summed E-state index contributed by atoms with van der Waals surface area (Å²) in [7, 11) is 0. The van der Waals surface area contributed by atoms with Gasteiger partial charge in [0.05, 0.1) is 6.54 Å². The van der Waals surface area contributed by atoms with Crippen molar-refractivity contribution >= 4 is 12.0 Å². The Bertz CT molecular complexity index is 549. The van der Waals surface area contributed by atoms with Gasteiger partial charge in [0, 0.05) is 38.3 Å². The summed E-state index contributed by atoms with van der Waals surface area (Å²) in [6.45, 7) is 1.95. The number of amides is 2. The third kappa shape index (κ3) is 3.37. The standard InChI is InChI=1S/C16H21N3O3/c20-14(5-4-13-3-1-8-17-11-13)19-9-2-6-16(7-10-19)12-18-15(21)22-16/h1,3,8,11H,2,4-7,9-10,12H2,(H,18,21)/t16-/m1/s1. The van der Waals surface area contributed by atoms with Crippen LogP contribution < -0.4 is 5.32 Å². The molecule has 1 aromatic heterocycles. The van der Waals surface area contributed by atoms with Crippen LogP contribution in [0.15, 0.2) is 24.5 Å². The monoisotopic (exact) mass is 303 g/mol. The molecule has 0 unspecified atom stereocenters. The van der Waals surface area contributed by atoms with Crippen LogP contribution in [0.2, 0.25) is 0 Å². The highest BCUT2D eigenvalue weighted by molar-refractivity contribution is 5.76. The minimum absolute atomic E-state index is 0.165. The van der Waals surface area contributed by atoms with E-state index < -0.39 is 5.60 Å². The largest absolute Gasteiger partial charge is 0.441 e. The molecular formula is C16H21N3O3. The van der Waals surface area contributed by atoms with Gasteiger partial charge in [0.25, 0.3) is 0 Å². The van der Waals surface area contributed by atoms with Crippen molar-refractivity contribution in [3.8, 4) is 0 Å². The van der Waals surface area contributed by atoms with E-state index in [0.29, 0.717) is 32.4 Å². The molecule has 2 fully saturated rings. The van der Waals surface area contributed by atoms with Crippen LogP contribution in [-0.2, 0) is 16.0 Å². The lowest BCUT2D eigenvalue weighted by molar-refractivity contribution is -0.131. The second-order valence-corrected chi connectivity index (χ2v) is 6.02. The number of alkyl carbamates (subject to hydrolysis) is 1. The molecule has 0 aliphatic carbocycles. The number of nitrogens with one attached hydrogen (secondary N) is 1. The number of aromatic nitrogens is 1. The third-order valence-corrected chi connectivity index (χ3v) is 4.46. The van der Waals surface area contributed by atoms with E-state index in [4.69, 9.17) is 4.74 Å². The smallest absolute Gasteiger partial charge is 0.407 e. The average molecular weight is 303 g/mol. The average Bonchev–Trinajstić information content (AvgIpc) is 2.77. The number of rotatable bonds is 3. The normalized spacial score (nSPS) is 24.7. The van der Waals surface area contributed by atoms with Crippen molar-refractivity contribution < 1.29 is 14.3 Å². The van der Waals surface area contributed by atoms with Crippen molar-refractivity contribution in [2.45, 2.75) is 37.7 Å². The van der Waals surface area contributed by atoms with Gasteiger partial charge in [-0.3, -0.25) is 9.78 Å². The van der Waals surface area contributed by atoms with Gasteiger partial charge in [0.15, 0.2) is 0 Å². The zero-order chi connectivity index (χ0) is 15.4. The Morgan fingerprint density at radius 3 is 3.05 bits per heavy atom. The lowest BCUT2D eigenvalue weighted by Gasteiger charge is -2.25. The minimum Gasteiger partial charge on any atom is -0.441 e. The summed E-state index contributed by atoms with van der Waals surface area (Å²) in [5.41, 5.74) is 0.672. The maximum absolute atomic E-state index is 12.4. The Kier molecular flexibility index (Phi) is 4.27. The van der Waals surface area contributed by atoms with Gasteiger partial charge in [-0.25, -0.2) is 4.79 Å². The molecule has 1 aromatic rings. The fourth-order valence-corrected chi connectivity index (χ4v) is 3.15. The molecule has 1 atom stereocenters. The lowest BCUT2D eigenvalue weighted by Crippen LogP contribution is -2.36. The number of carbonyl (C=O) groups is 2. The molecule has 2 aliphatic heterocycles. The van der Waals surface area contributed by atoms with Crippen LogP contribution in [0.1, 0.15) is 31.2 Å². The quantitative estimate of drug-likeness (QED) is 0.918. The third-order valence-electron chi connectivity index (χ3n) is 4.46. The van der Waals surface area contributed by atoms with Gasteiger partial charge < -0.3 is 15.0 Å². The summed E-state index contributed by atoms with van der Waals surface area (Å²) in [6, 6.07) is 3.87. The molecule has 2 saturated heterocycles. The Morgan fingerprint density at radius 1 is 1.41 bits per heavy atom. The molecule has 118 valence electrons. The fourth-order valence-electron chi connectivity index (χ4n) is 3.15. The van der Waals surface area contributed by atoms with E-state index in [1.54, 1.807) is 12.4 Å². The van der Waals surface area contributed by atoms with Crippen molar-refractivity contribution in [1.82, 2.24) is 15.2 Å². The first-order chi connectivity index (χ1) is 10.7. The molecule has 0 bridgehead atoms. The molecule has 1 N–H and O–H groups in total. The highest BCUT2D eigenvalue weighted by atomic mass is 16.6. The van der Waals surface area contributed by atoms with E-state index >= 15 is 0 Å². The van der Waals surface area contributed by atoms with Crippen LogP contribution in [0.25, 0.3) is 0 Å². The van der Waals surface area contributed by atoms with Gasteiger partial charge in [0.2, 0.25) is 5.91 Å². The second-order valence-electron chi connectivity index (χ2n) is 6.02. The second kappa shape index (κ2) is 6.34. The molecule has 3 heterocycles. The van der Waals surface area contributed by atoms with E-state index in [1.165, 1.54) is 0 Å². The summed E-state index contributed by atoms with van der Waals surface area (Å²) in [5, 5.41) is 2.73. The molecule has 6 heteroatoms. The van der Waals surface area contributed by atoms with Crippen LogP contribution >= 0.6 is 0 Å². The molecule has 2 amide bonds. The molecule has 2 aliphatic rings. The number of carbonyl (C=O) groups excluding carboxylic acids is 2. The lowest BCUT2D eigenvalue weighted by atomic mass is 9.95. The maximum atomic E-state index is 12.4. The van der Waals surface area contributed by atoms with Crippen LogP contribution in [0.3, 0.4) is 0 Å². The summed E-state index contributed by atoms with van der Waals surface area (Å²) >= 11 is 0. The van der Waals surface area contributed by atoms with Crippen molar-refractivity contribution in [2.75, 3.05) is 19.6 Å². The first kappa shape index (κ1) is 14.8. The number of ether oxygens (including phenoxy) is 1. The van der Waals surface area contributed by atoms with E-state index in [2.05, 4.69) is 10.3 Å². The van der Waals surface area contributed by atoms with Crippen molar-refractivity contribution in [3.05, 3.63) is 30.1 Å². The van der Waals surface area contributed by atoms with E-state index in [9.17, 15) is 9.59 Å². The van der Waals surface area contributed by atoms with Gasteiger partial charge in [-0.1, -0.05) is 6.07 Å². The number of likely N-dealkylation sites (tertiary alicyclic amines) is 1. The highest BCUT2D eigenvalue weighted by Gasteiger charge is 2.41. The molecular weight excluding hydrogens is 282 g/mol. The predicted molar refractivity (Wildman–Crippen MR) is 80.2 cm³/mol. The summed E-state index contributed by atoms with van der Waals surface area (Å²) in [6.07, 6.45) is 6.80. The number of aryl methyl sites for hydroxylation is 1. The Labute approximate surface area is 129 Å². The molecule has 22 heavy (non-hydrogen) atoms. The Hall–Kier alpha value is -2.11. The fraction of sp³-hybridized carbons (Fsp3) is 0.562. The summed E-state index contributed by atoms with van der Waals surface area (Å²) < 4.78 is 5.43. The minimum atomic E-state index is -0.407. The van der Waals surface area contributed by atoms with E-state index in [1.807, 2.05) is 17.0 Å². The molecule has 6 nitrogen and oxygen atoms in total. The predicted octanol–water partition coefficient (Wildman–Crippen LogP) is 1.51. The number of hydrogen-bond donors (Lipinski definition) is 1. The highest BCUT2D eigenvalue weighted by Crippen LogP contribution is 2.29. The molecule has 3 rings (SSSR count). The van der Waals surface area contributed by atoms with Gasteiger partial charge >= 0.3 is 6.09 Å². The molecule has 0 aromatic carbocycles. The maximum Gasteiger partial charge on any atom is 0.407 e. The van der Waals surface area contributed by atoms with Crippen LogP contribution in [0, 0.1) is 0 Å². The summed E-state index contributed by atoms with van der Waals surface area (Å²) in [4.78, 5) is 29.6. The first-order valence-electron chi connectivity index (χ1n) is 7.80. The van der Waals surface area contributed by atoms with Gasteiger partial charge in [0.1, 0.15) is 5.60 Å². The Morgan fingerprint density at radius 2 is 2.32 bits per heavy atom. The number of pyridine rings is 1. The number of hydrogen-bond acceptors (Lipinski definition) is 4. The van der Waals surface area contributed by atoms with Crippen LogP contribution in [0.4, 0.5) is 4.79 Å². The van der Waals surface area contributed by atoms with E-state index in [0.717, 1.165) is 24.9 Å². The van der Waals surface area contributed by atoms with Crippen LogP contribution in [-0.4, -0.2) is 47.1 Å². The molecule has 0 saturated carbocycles. The zero-order valence-corrected chi connectivity index (χ0v) is 12.6. The van der Waals surface area contributed by atoms with Crippen molar-refractivity contribution in [2.24, 2.45) is 0 Å². The Balaban J connectivity index is 1.52. The molecule has 1 spiro atoms. The van der Waals surface area contributed by atoms with Gasteiger partial charge in [-0.05, 0) is 30.9 Å². The summed E-state index contributed by atoms with van der Waals surface area (Å²) in [5.74, 6) is 0.165. The topological polar surface area (TPSA) is 71.5 Å². The first-order valence-corrected chi connectivity index (χ1v) is 7.80.